The van der Waals surface area contributed by atoms with Crippen molar-refractivity contribution < 1.29 is 13.9 Å². The van der Waals surface area contributed by atoms with Gasteiger partial charge < -0.3 is 4.74 Å². The highest BCUT2D eigenvalue weighted by atomic mass is 19.1. The number of rotatable bonds is 3. The summed E-state index contributed by atoms with van der Waals surface area (Å²) in [5.41, 5.74) is 3.01. The standard InChI is InChI=1S/C19H17FO2/c1-22-19-4-2-3-14(12-19)16-9-15(10-18(21)11-16)13-5-7-17(20)8-6-13/h2-8,11-12,15H,9-10H2,1H3. The van der Waals surface area contributed by atoms with Crippen molar-refractivity contribution in [1.29, 1.82) is 0 Å². The molecule has 2 nitrogen and oxygen atoms in total. The number of hydrogen-bond acceptors (Lipinski definition) is 2. The summed E-state index contributed by atoms with van der Waals surface area (Å²) in [5.74, 6) is 0.724. The highest BCUT2D eigenvalue weighted by Gasteiger charge is 2.23. The van der Waals surface area contributed by atoms with Gasteiger partial charge in [-0.2, -0.15) is 0 Å². The van der Waals surface area contributed by atoms with Crippen LogP contribution in [0.5, 0.6) is 5.75 Å². The van der Waals surface area contributed by atoms with Crippen LogP contribution >= 0.6 is 0 Å². The van der Waals surface area contributed by atoms with Crippen molar-refractivity contribution in [2.24, 2.45) is 0 Å². The van der Waals surface area contributed by atoms with Crippen LogP contribution in [0.3, 0.4) is 0 Å². The van der Waals surface area contributed by atoms with E-state index in [-0.39, 0.29) is 17.5 Å². The molecule has 0 bridgehead atoms. The summed E-state index contributed by atoms with van der Waals surface area (Å²) in [5, 5.41) is 0. The maximum Gasteiger partial charge on any atom is 0.156 e. The summed E-state index contributed by atoms with van der Waals surface area (Å²) < 4.78 is 18.3. The van der Waals surface area contributed by atoms with Gasteiger partial charge in [-0.05, 0) is 59.4 Å². The van der Waals surface area contributed by atoms with E-state index >= 15 is 0 Å². The lowest BCUT2D eigenvalue weighted by Crippen LogP contribution is -2.12. The summed E-state index contributed by atoms with van der Waals surface area (Å²) in [6.07, 6.45) is 2.96. The number of carbonyl (C=O) groups excluding carboxylic acids is 1. The molecule has 0 fully saturated rings. The Kier molecular flexibility index (Phi) is 4.05. The molecule has 0 saturated heterocycles. The number of carbonyl (C=O) groups is 1. The smallest absolute Gasteiger partial charge is 0.156 e. The van der Waals surface area contributed by atoms with Gasteiger partial charge in [0.05, 0.1) is 7.11 Å². The van der Waals surface area contributed by atoms with Gasteiger partial charge in [-0.3, -0.25) is 4.79 Å². The van der Waals surface area contributed by atoms with Crippen LogP contribution in [0, 0.1) is 5.82 Å². The van der Waals surface area contributed by atoms with Crippen molar-refractivity contribution in [3.05, 3.63) is 71.6 Å². The van der Waals surface area contributed by atoms with Crippen LogP contribution < -0.4 is 4.74 Å². The largest absolute Gasteiger partial charge is 0.497 e. The van der Waals surface area contributed by atoms with E-state index in [1.807, 2.05) is 24.3 Å². The third-order valence-corrected chi connectivity index (χ3v) is 4.03. The normalized spacial score (nSPS) is 18.0. The molecule has 1 unspecified atom stereocenters. The number of hydrogen-bond donors (Lipinski definition) is 0. The summed E-state index contributed by atoms with van der Waals surface area (Å²) >= 11 is 0. The molecule has 1 aliphatic rings. The van der Waals surface area contributed by atoms with Gasteiger partial charge in [0.25, 0.3) is 0 Å². The first-order valence-corrected chi connectivity index (χ1v) is 7.29. The van der Waals surface area contributed by atoms with E-state index in [9.17, 15) is 9.18 Å². The molecule has 3 heteroatoms. The fourth-order valence-corrected chi connectivity index (χ4v) is 2.89. The predicted octanol–water partition coefficient (Wildman–Crippen LogP) is 4.36. The van der Waals surface area contributed by atoms with E-state index in [2.05, 4.69) is 0 Å². The van der Waals surface area contributed by atoms with E-state index in [1.165, 1.54) is 12.1 Å². The van der Waals surface area contributed by atoms with Crippen LogP contribution in [0.4, 0.5) is 4.39 Å². The Morgan fingerprint density at radius 1 is 1.09 bits per heavy atom. The lowest BCUT2D eigenvalue weighted by molar-refractivity contribution is -0.115. The number of halogens is 1. The van der Waals surface area contributed by atoms with E-state index in [4.69, 9.17) is 4.74 Å². The maximum absolute atomic E-state index is 13.1. The number of methoxy groups -OCH3 is 1. The number of allylic oxidation sites excluding steroid dienone is 2. The van der Waals surface area contributed by atoms with E-state index < -0.39 is 0 Å². The van der Waals surface area contributed by atoms with Gasteiger partial charge >= 0.3 is 0 Å². The average molecular weight is 296 g/mol. The van der Waals surface area contributed by atoms with Gasteiger partial charge in [0.15, 0.2) is 5.78 Å². The molecular formula is C19H17FO2. The van der Waals surface area contributed by atoms with Crippen LogP contribution in [0.2, 0.25) is 0 Å². The summed E-state index contributed by atoms with van der Waals surface area (Å²) in [6, 6.07) is 14.1. The second kappa shape index (κ2) is 6.14. The lowest BCUT2D eigenvalue weighted by atomic mass is 9.81. The van der Waals surface area contributed by atoms with Crippen molar-refractivity contribution in [3.8, 4) is 5.75 Å². The van der Waals surface area contributed by atoms with Gasteiger partial charge in [0.2, 0.25) is 0 Å². The second-order valence-corrected chi connectivity index (χ2v) is 5.52. The SMILES string of the molecule is COc1cccc(C2=CC(=O)CC(c3ccc(F)cc3)C2)c1. The Balaban J connectivity index is 1.89. The van der Waals surface area contributed by atoms with Gasteiger partial charge in [-0.25, -0.2) is 4.39 Å². The monoisotopic (exact) mass is 296 g/mol. The Labute approximate surface area is 129 Å². The third kappa shape index (κ3) is 3.08. The van der Waals surface area contributed by atoms with Crippen molar-refractivity contribution >= 4 is 11.4 Å². The van der Waals surface area contributed by atoms with E-state index in [0.717, 1.165) is 28.9 Å². The molecule has 22 heavy (non-hydrogen) atoms. The quantitative estimate of drug-likeness (QED) is 0.841. The molecule has 0 amide bonds. The van der Waals surface area contributed by atoms with E-state index in [0.29, 0.717) is 6.42 Å². The molecule has 3 rings (SSSR count). The molecule has 0 aromatic heterocycles. The first kappa shape index (κ1) is 14.5. The lowest BCUT2D eigenvalue weighted by Gasteiger charge is -2.23. The number of ether oxygens (including phenoxy) is 1. The first-order valence-electron chi connectivity index (χ1n) is 7.29. The molecule has 0 radical (unpaired) electrons. The van der Waals surface area contributed by atoms with Crippen LogP contribution in [-0.4, -0.2) is 12.9 Å². The van der Waals surface area contributed by atoms with Gasteiger partial charge in [-0.1, -0.05) is 24.3 Å². The van der Waals surface area contributed by atoms with Gasteiger partial charge in [-0.15, -0.1) is 0 Å². The van der Waals surface area contributed by atoms with Crippen LogP contribution in [0.25, 0.3) is 5.57 Å². The van der Waals surface area contributed by atoms with Gasteiger partial charge in [0, 0.05) is 6.42 Å². The molecule has 0 heterocycles. The zero-order valence-corrected chi connectivity index (χ0v) is 12.4. The van der Waals surface area contributed by atoms with Crippen molar-refractivity contribution in [2.45, 2.75) is 18.8 Å². The Hall–Kier alpha value is -2.42. The fourth-order valence-electron chi connectivity index (χ4n) is 2.89. The van der Waals surface area contributed by atoms with Crippen molar-refractivity contribution in [2.75, 3.05) is 7.11 Å². The molecule has 2 aromatic rings. The molecule has 0 N–H and O–H groups in total. The minimum Gasteiger partial charge on any atom is -0.497 e. The molecule has 1 atom stereocenters. The zero-order chi connectivity index (χ0) is 15.5. The average Bonchev–Trinajstić information content (AvgIpc) is 2.55. The highest BCUT2D eigenvalue weighted by Crippen LogP contribution is 2.36. The fraction of sp³-hybridized carbons (Fsp3) is 0.211. The zero-order valence-electron chi connectivity index (χ0n) is 12.4. The number of ketones is 1. The second-order valence-electron chi connectivity index (χ2n) is 5.52. The van der Waals surface area contributed by atoms with Crippen LogP contribution in [0.15, 0.2) is 54.6 Å². The number of benzene rings is 2. The van der Waals surface area contributed by atoms with Crippen LogP contribution in [0.1, 0.15) is 29.9 Å². The minimum absolute atomic E-state index is 0.0966. The molecule has 0 saturated carbocycles. The predicted molar refractivity (Wildman–Crippen MR) is 84.4 cm³/mol. The molecule has 1 aliphatic carbocycles. The highest BCUT2D eigenvalue weighted by molar-refractivity contribution is 5.99. The van der Waals surface area contributed by atoms with Gasteiger partial charge in [0.1, 0.15) is 11.6 Å². The molecule has 2 aromatic carbocycles. The van der Waals surface area contributed by atoms with E-state index in [1.54, 1.807) is 25.3 Å². The topological polar surface area (TPSA) is 26.3 Å². The van der Waals surface area contributed by atoms with Crippen molar-refractivity contribution in [1.82, 2.24) is 0 Å². The first-order chi connectivity index (χ1) is 10.7. The Morgan fingerprint density at radius 2 is 1.86 bits per heavy atom. The maximum atomic E-state index is 13.1. The molecule has 112 valence electrons. The minimum atomic E-state index is -0.255. The van der Waals surface area contributed by atoms with Crippen LogP contribution in [-0.2, 0) is 4.79 Å². The molecule has 0 spiro atoms. The summed E-state index contributed by atoms with van der Waals surface area (Å²) in [6.45, 7) is 0. The third-order valence-electron chi connectivity index (χ3n) is 4.03. The summed E-state index contributed by atoms with van der Waals surface area (Å²) in [4.78, 5) is 12.1. The Morgan fingerprint density at radius 3 is 2.59 bits per heavy atom. The Bertz CT molecular complexity index is 716. The molecular weight excluding hydrogens is 279 g/mol. The molecule has 0 aliphatic heterocycles. The summed E-state index contributed by atoms with van der Waals surface area (Å²) in [7, 11) is 1.63. The van der Waals surface area contributed by atoms with Crippen molar-refractivity contribution in [3.63, 3.8) is 0 Å².